The summed E-state index contributed by atoms with van der Waals surface area (Å²) >= 11 is 0. The van der Waals surface area contributed by atoms with Gasteiger partial charge in [-0.25, -0.2) is 4.39 Å². The van der Waals surface area contributed by atoms with Crippen molar-refractivity contribution in [3.05, 3.63) is 59.2 Å². The topological polar surface area (TPSA) is 30.9 Å². The molecule has 2 aromatic rings. The van der Waals surface area contributed by atoms with E-state index in [9.17, 15) is 4.39 Å². The van der Waals surface area contributed by atoms with Crippen LogP contribution in [0.3, 0.4) is 0 Å². The van der Waals surface area contributed by atoms with Crippen molar-refractivity contribution in [2.75, 3.05) is 0 Å². The molecule has 1 unspecified atom stereocenters. The molecule has 0 saturated heterocycles. The second-order valence-electron chi connectivity index (χ2n) is 5.08. The molecule has 0 spiro atoms. The van der Waals surface area contributed by atoms with Crippen LogP contribution < -0.4 is 5.73 Å². The van der Waals surface area contributed by atoms with Gasteiger partial charge in [-0.2, -0.15) is 0 Å². The third-order valence-corrected chi connectivity index (χ3v) is 3.46. The minimum atomic E-state index is -0.181. The second-order valence-corrected chi connectivity index (χ2v) is 5.08. The van der Waals surface area contributed by atoms with Crippen molar-refractivity contribution < 1.29 is 4.39 Å². The zero-order valence-electron chi connectivity index (χ0n) is 11.6. The lowest BCUT2D eigenvalue weighted by Gasteiger charge is -2.09. The molecule has 0 radical (unpaired) electrons. The summed E-state index contributed by atoms with van der Waals surface area (Å²) in [5, 5.41) is 0. The molecule has 2 N–H and O–H groups in total. The molecule has 3 heteroatoms. The highest BCUT2D eigenvalue weighted by molar-refractivity contribution is 5.27. The standard InChI is InChI=1S/C16H21FN2/c1-3-4-16(18)14-7-8-19(11-14)10-13-5-6-15(17)9-12(13)2/h5-9,11,16H,3-4,10,18H2,1-2H3. The minimum absolute atomic E-state index is 0.112. The molecule has 1 aromatic carbocycles. The van der Waals surface area contributed by atoms with Crippen molar-refractivity contribution in [3.63, 3.8) is 0 Å². The van der Waals surface area contributed by atoms with E-state index in [1.807, 2.05) is 19.2 Å². The highest BCUT2D eigenvalue weighted by atomic mass is 19.1. The molecule has 1 heterocycles. The van der Waals surface area contributed by atoms with Crippen molar-refractivity contribution in [1.82, 2.24) is 4.57 Å². The minimum Gasteiger partial charge on any atom is -0.350 e. The van der Waals surface area contributed by atoms with Gasteiger partial charge in [0.15, 0.2) is 0 Å². The molecular formula is C16H21FN2. The van der Waals surface area contributed by atoms with Gasteiger partial charge in [0.2, 0.25) is 0 Å². The number of aryl methyl sites for hydroxylation is 1. The van der Waals surface area contributed by atoms with Crippen LogP contribution in [0.1, 0.15) is 42.5 Å². The van der Waals surface area contributed by atoms with Crippen LogP contribution in [0.2, 0.25) is 0 Å². The fourth-order valence-corrected chi connectivity index (χ4v) is 2.29. The molecule has 1 atom stereocenters. The molecule has 2 nitrogen and oxygen atoms in total. The summed E-state index contributed by atoms with van der Waals surface area (Å²) in [6, 6.07) is 7.11. The van der Waals surface area contributed by atoms with E-state index in [4.69, 9.17) is 5.73 Å². The lowest BCUT2D eigenvalue weighted by atomic mass is 10.1. The average molecular weight is 260 g/mol. The number of nitrogens with two attached hydrogens (primary N) is 1. The van der Waals surface area contributed by atoms with Crippen molar-refractivity contribution in [1.29, 1.82) is 0 Å². The van der Waals surface area contributed by atoms with Gasteiger partial charge < -0.3 is 10.3 Å². The summed E-state index contributed by atoms with van der Waals surface area (Å²) in [6.07, 6.45) is 6.21. The van der Waals surface area contributed by atoms with Gasteiger partial charge in [-0.05, 0) is 48.2 Å². The van der Waals surface area contributed by atoms with Crippen molar-refractivity contribution in [3.8, 4) is 0 Å². The van der Waals surface area contributed by atoms with E-state index in [-0.39, 0.29) is 11.9 Å². The van der Waals surface area contributed by atoms with Gasteiger partial charge in [-0.15, -0.1) is 0 Å². The Morgan fingerprint density at radius 2 is 2.11 bits per heavy atom. The summed E-state index contributed by atoms with van der Waals surface area (Å²) in [5.41, 5.74) is 9.38. The van der Waals surface area contributed by atoms with E-state index in [0.29, 0.717) is 0 Å². The highest BCUT2D eigenvalue weighted by Crippen LogP contribution is 2.18. The fraction of sp³-hybridized carbons (Fsp3) is 0.375. The summed E-state index contributed by atoms with van der Waals surface area (Å²) in [4.78, 5) is 0. The predicted octanol–water partition coefficient (Wildman–Crippen LogP) is 3.78. The molecule has 0 saturated carbocycles. The Balaban J connectivity index is 2.11. The monoisotopic (exact) mass is 260 g/mol. The van der Waals surface area contributed by atoms with Gasteiger partial charge in [0.25, 0.3) is 0 Å². The Bertz CT molecular complexity index is 545. The maximum atomic E-state index is 13.1. The summed E-state index contributed by atoms with van der Waals surface area (Å²) in [7, 11) is 0. The van der Waals surface area contributed by atoms with Gasteiger partial charge in [0.05, 0.1) is 0 Å². The number of aromatic nitrogens is 1. The fourth-order valence-electron chi connectivity index (χ4n) is 2.29. The molecule has 102 valence electrons. The van der Waals surface area contributed by atoms with Crippen molar-refractivity contribution in [2.45, 2.75) is 39.3 Å². The Labute approximate surface area is 114 Å². The first kappa shape index (κ1) is 13.8. The van der Waals surface area contributed by atoms with Crippen LogP contribution in [0.25, 0.3) is 0 Å². The molecule has 2 rings (SSSR count). The Kier molecular flexibility index (Phi) is 4.38. The first-order valence-corrected chi connectivity index (χ1v) is 6.76. The van der Waals surface area contributed by atoms with E-state index in [1.54, 1.807) is 6.07 Å². The number of halogens is 1. The van der Waals surface area contributed by atoms with E-state index in [2.05, 4.69) is 23.8 Å². The van der Waals surface area contributed by atoms with Gasteiger partial charge in [-0.3, -0.25) is 0 Å². The van der Waals surface area contributed by atoms with Crippen LogP contribution in [-0.2, 0) is 6.54 Å². The molecule has 0 aliphatic carbocycles. The normalized spacial score (nSPS) is 12.6. The van der Waals surface area contributed by atoms with Gasteiger partial charge >= 0.3 is 0 Å². The SMILES string of the molecule is CCCC(N)c1ccn(Cc2ccc(F)cc2C)c1. The Morgan fingerprint density at radius 1 is 1.32 bits per heavy atom. The first-order chi connectivity index (χ1) is 9.10. The third kappa shape index (κ3) is 3.44. The lowest BCUT2D eigenvalue weighted by Crippen LogP contribution is -2.08. The molecule has 0 fully saturated rings. The van der Waals surface area contributed by atoms with Crippen molar-refractivity contribution >= 4 is 0 Å². The number of rotatable bonds is 5. The average Bonchev–Trinajstić information content (AvgIpc) is 2.82. The zero-order chi connectivity index (χ0) is 13.8. The molecule has 1 aromatic heterocycles. The summed E-state index contributed by atoms with van der Waals surface area (Å²) in [5.74, 6) is -0.181. The van der Waals surface area contributed by atoms with Gasteiger partial charge in [-0.1, -0.05) is 19.4 Å². The highest BCUT2D eigenvalue weighted by Gasteiger charge is 2.07. The number of hydrogen-bond acceptors (Lipinski definition) is 1. The van der Waals surface area contributed by atoms with Gasteiger partial charge in [0.1, 0.15) is 5.82 Å². The smallest absolute Gasteiger partial charge is 0.123 e. The van der Waals surface area contributed by atoms with E-state index >= 15 is 0 Å². The van der Waals surface area contributed by atoms with Gasteiger partial charge in [0, 0.05) is 25.0 Å². The van der Waals surface area contributed by atoms with Crippen LogP contribution in [0, 0.1) is 12.7 Å². The second kappa shape index (κ2) is 6.02. The van der Waals surface area contributed by atoms with E-state index < -0.39 is 0 Å². The molecule has 0 aliphatic rings. The first-order valence-electron chi connectivity index (χ1n) is 6.76. The molecule has 0 aliphatic heterocycles. The third-order valence-electron chi connectivity index (χ3n) is 3.46. The van der Waals surface area contributed by atoms with E-state index in [1.165, 1.54) is 11.6 Å². The molecule has 0 bridgehead atoms. The van der Waals surface area contributed by atoms with Crippen LogP contribution in [0.4, 0.5) is 4.39 Å². The molecular weight excluding hydrogens is 239 g/mol. The number of benzene rings is 1. The Hall–Kier alpha value is -1.61. The van der Waals surface area contributed by atoms with Crippen LogP contribution in [-0.4, -0.2) is 4.57 Å². The predicted molar refractivity (Wildman–Crippen MR) is 76.5 cm³/mol. The molecule has 19 heavy (non-hydrogen) atoms. The lowest BCUT2D eigenvalue weighted by molar-refractivity contribution is 0.624. The summed E-state index contributed by atoms with van der Waals surface area (Å²) in [6.45, 7) is 4.83. The Morgan fingerprint density at radius 3 is 2.79 bits per heavy atom. The van der Waals surface area contributed by atoms with E-state index in [0.717, 1.165) is 30.5 Å². The maximum Gasteiger partial charge on any atom is 0.123 e. The number of hydrogen-bond donors (Lipinski definition) is 1. The van der Waals surface area contributed by atoms with Crippen LogP contribution >= 0.6 is 0 Å². The van der Waals surface area contributed by atoms with Crippen LogP contribution in [0.15, 0.2) is 36.7 Å². The maximum absolute atomic E-state index is 13.1. The largest absolute Gasteiger partial charge is 0.350 e. The number of nitrogens with zero attached hydrogens (tertiary/aromatic N) is 1. The molecule has 0 amide bonds. The summed E-state index contributed by atoms with van der Waals surface area (Å²) < 4.78 is 15.2. The zero-order valence-corrected chi connectivity index (χ0v) is 11.6. The van der Waals surface area contributed by atoms with Crippen LogP contribution in [0.5, 0.6) is 0 Å². The quantitative estimate of drug-likeness (QED) is 0.871. The van der Waals surface area contributed by atoms with Crippen molar-refractivity contribution in [2.24, 2.45) is 5.73 Å².